The SMILES string of the molecule is CC(Br)C(O)c1ccc2c(c1)NC(=O)CO2. The summed E-state index contributed by atoms with van der Waals surface area (Å²) in [4.78, 5) is 11.1. The lowest BCUT2D eigenvalue weighted by Gasteiger charge is -2.20. The number of alkyl halides is 1. The van der Waals surface area contributed by atoms with E-state index in [-0.39, 0.29) is 17.3 Å². The van der Waals surface area contributed by atoms with Crippen LogP contribution in [0, 0.1) is 0 Å². The van der Waals surface area contributed by atoms with Crippen LogP contribution < -0.4 is 10.1 Å². The van der Waals surface area contributed by atoms with Gasteiger partial charge in [-0.3, -0.25) is 4.79 Å². The minimum atomic E-state index is -0.607. The molecule has 4 nitrogen and oxygen atoms in total. The summed E-state index contributed by atoms with van der Waals surface area (Å²) < 4.78 is 5.23. The third-order valence-electron chi connectivity index (χ3n) is 2.41. The van der Waals surface area contributed by atoms with Crippen LogP contribution in [0.3, 0.4) is 0 Å². The summed E-state index contributed by atoms with van der Waals surface area (Å²) in [5.74, 6) is 0.462. The van der Waals surface area contributed by atoms with E-state index in [2.05, 4.69) is 21.2 Å². The lowest BCUT2D eigenvalue weighted by molar-refractivity contribution is -0.118. The quantitative estimate of drug-likeness (QED) is 0.815. The highest BCUT2D eigenvalue weighted by Crippen LogP contribution is 2.32. The number of anilines is 1. The molecule has 1 amide bonds. The van der Waals surface area contributed by atoms with E-state index in [4.69, 9.17) is 4.74 Å². The second-order valence-electron chi connectivity index (χ2n) is 3.71. The number of aliphatic hydroxyl groups is 1. The van der Waals surface area contributed by atoms with Gasteiger partial charge in [0.05, 0.1) is 11.8 Å². The number of amides is 1. The third kappa shape index (κ3) is 2.20. The maximum absolute atomic E-state index is 11.1. The molecule has 1 heterocycles. The van der Waals surface area contributed by atoms with Gasteiger partial charge in [-0.25, -0.2) is 0 Å². The molecule has 2 N–H and O–H groups in total. The lowest BCUT2D eigenvalue weighted by atomic mass is 10.1. The molecule has 5 heteroatoms. The first-order valence-corrected chi connectivity index (χ1v) is 5.88. The number of carbonyl (C=O) groups excluding carboxylic acids is 1. The average molecular weight is 286 g/mol. The number of hydrogen-bond donors (Lipinski definition) is 2. The number of halogens is 1. The summed E-state index contributed by atoms with van der Waals surface area (Å²) in [7, 11) is 0. The highest BCUT2D eigenvalue weighted by Gasteiger charge is 2.19. The highest BCUT2D eigenvalue weighted by molar-refractivity contribution is 9.09. The van der Waals surface area contributed by atoms with Gasteiger partial charge in [0.25, 0.3) is 5.91 Å². The number of benzene rings is 1. The van der Waals surface area contributed by atoms with Crippen molar-refractivity contribution in [3.63, 3.8) is 0 Å². The summed E-state index contributed by atoms with van der Waals surface area (Å²) >= 11 is 3.32. The first-order valence-electron chi connectivity index (χ1n) is 4.96. The van der Waals surface area contributed by atoms with Crippen LogP contribution in [0.4, 0.5) is 5.69 Å². The van der Waals surface area contributed by atoms with E-state index in [1.807, 2.05) is 6.92 Å². The van der Waals surface area contributed by atoms with Crippen molar-refractivity contribution in [2.75, 3.05) is 11.9 Å². The Morgan fingerprint density at radius 1 is 1.56 bits per heavy atom. The third-order valence-corrected chi connectivity index (χ3v) is 2.91. The standard InChI is InChI=1S/C11H12BrNO3/c1-6(12)11(15)7-2-3-9-8(4-7)13-10(14)5-16-9/h2-4,6,11,15H,5H2,1H3,(H,13,14). The van der Waals surface area contributed by atoms with E-state index < -0.39 is 6.10 Å². The molecule has 2 rings (SSSR count). The van der Waals surface area contributed by atoms with Crippen molar-refractivity contribution in [3.05, 3.63) is 23.8 Å². The topological polar surface area (TPSA) is 58.6 Å². The Morgan fingerprint density at radius 3 is 3.00 bits per heavy atom. The van der Waals surface area contributed by atoms with Crippen LogP contribution in [-0.2, 0) is 4.79 Å². The molecule has 0 saturated heterocycles. The Hall–Kier alpha value is -1.07. The van der Waals surface area contributed by atoms with Gasteiger partial charge >= 0.3 is 0 Å². The number of hydrogen-bond acceptors (Lipinski definition) is 3. The molecule has 0 fully saturated rings. The molecule has 1 aliphatic heterocycles. The van der Waals surface area contributed by atoms with Crippen LogP contribution >= 0.6 is 15.9 Å². The summed E-state index contributed by atoms with van der Waals surface area (Å²) in [5.41, 5.74) is 1.36. The minimum Gasteiger partial charge on any atom is -0.482 e. The molecule has 1 aromatic rings. The number of fused-ring (bicyclic) bond motifs is 1. The van der Waals surface area contributed by atoms with E-state index in [1.165, 1.54) is 0 Å². The Morgan fingerprint density at radius 2 is 2.31 bits per heavy atom. The fraction of sp³-hybridized carbons (Fsp3) is 0.364. The number of rotatable bonds is 2. The zero-order valence-electron chi connectivity index (χ0n) is 8.74. The van der Waals surface area contributed by atoms with Crippen LogP contribution in [0.2, 0.25) is 0 Å². The van der Waals surface area contributed by atoms with Crippen LogP contribution in [0.5, 0.6) is 5.75 Å². The zero-order valence-corrected chi connectivity index (χ0v) is 10.3. The van der Waals surface area contributed by atoms with Gasteiger partial charge < -0.3 is 15.2 Å². The van der Waals surface area contributed by atoms with E-state index in [0.29, 0.717) is 11.4 Å². The number of aliphatic hydroxyl groups excluding tert-OH is 1. The normalized spacial score (nSPS) is 18.1. The van der Waals surface area contributed by atoms with Crippen molar-refractivity contribution in [3.8, 4) is 5.75 Å². The Bertz CT molecular complexity index is 420. The molecule has 2 atom stereocenters. The second-order valence-corrected chi connectivity index (χ2v) is 5.16. The lowest BCUT2D eigenvalue weighted by Crippen LogP contribution is -2.25. The van der Waals surface area contributed by atoms with E-state index in [9.17, 15) is 9.90 Å². The van der Waals surface area contributed by atoms with Gasteiger partial charge in [-0.1, -0.05) is 22.0 Å². The molecule has 0 spiro atoms. The molecule has 2 unspecified atom stereocenters. The Labute approximate surface area is 102 Å². The summed E-state index contributed by atoms with van der Waals surface area (Å²) in [5, 5.41) is 12.6. The van der Waals surface area contributed by atoms with Gasteiger partial charge in [0.2, 0.25) is 0 Å². The zero-order chi connectivity index (χ0) is 11.7. The van der Waals surface area contributed by atoms with Crippen LogP contribution in [0.25, 0.3) is 0 Å². The van der Waals surface area contributed by atoms with Crippen molar-refractivity contribution >= 4 is 27.5 Å². The molecule has 1 aliphatic rings. The molecular weight excluding hydrogens is 274 g/mol. The van der Waals surface area contributed by atoms with Gasteiger partial charge in [0.15, 0.2) is 6.61 Å². The minimum absolute atomic E-state index is 0.0454. The maximum Gasteiger partial charge on any atom is 0.262 e. The Balaban J connectivity index is 2.31. The van der Waals surface area contributed by atoms with Crippen LogP contribution in [-0.4, -0.2) is 22.4 Å². The molecule has 86 valence electrons. The predicted molar refractivity (Wildman–Crippen MR) is 63.9 cm³/mol. The fourth-order valence-electron chi connectivity index (χ4n) is 1.55. The summed E-state index contributed by atoms with van der Waals surface area (Å²) in [6.45, 7) is 1.91. The monoisotopic (exact) mass is 285 g/mol. The molecule has 1 aromatic carbocycles. The smallest absolute Gasteiger partial charge is 0.262 e. The first-order chi connectivity index (χ1) is 7.58. The number of carbonyl (C=O) groups is 1. The van der Waals surface area contributed by atoms with E-state index in [0.717, 1.165) is 5.56 Å². The van der Waals surface area contributed by atoms with Crippen LogP contribution in [0.1, 0.15) is 18.6 Å². The second kappa shape index (κ2) is 4.43. The molecule has 0 bridgehead atoms. The number of nitrogens with one attached hydrogen (secondary N) is 1. The van der Waals surface area contributed by atoms with Crippen LogP contribution in [0.15, 0.2) is 18.2 Å². The summed E-state index contributed by atoms with van der Waals surface area (Å²) in [6.07, 6.45) is -0.607. The molecule has 0 saturated carbocycles. The maximum atomic E-state index is 11.1. The molecule has 0 aliphatic carbocycles. The van der Waals surface area contributed by atoms with Crippen molar-refractivity contribution in [2.24, 2.45) is 0 Å². The molecule has 0 aromatic heterocycles. The van der Waals surface area contributed by atoms with Gasteiger partial charge in [0.1, 0.15) is 5.75 Å². The van der Waals surface area contributed by atoms with E-state index in [1.54, 1.807) is 18.2 Å². The predicted octanol–water partition coefficient (Wildman–Crippen LogP) is 1.83. The van der Waals surface area contributed by atoms with Crippen molar-refractivity contribution in [2.45, 2.75) is 17.9 Å². The average Bonchev–Trinajstić information content (AvgIpc) is 2.26. The van der Waals surface area contributed by atoms with Gasteiger partial charge in [-0.15, -0.1) is 0 Å². The molecule has 0 radical (unpaired) electrons. The highest BCUT2D eigenvalue weighted by atomic mass is 79.9. The molecular formula is C11H12BrNO3. The van der Waals surface area contributed by atoms with E-state index >= 15 is 0 Å². The van der Waals surface area contributed by atoms with Gasteiger partial charge in [-0.05, 0) is 24.6 Å². The largest absolute Gasteiger partial charge is 0.482 e. The van der Waals surface area contributed by atoms with Gasteiger partial charge in [0, 0.05) is 4.83 Å². The Kier molecular flexibility index (Phi) is 3.16. The van der Waals surface area contributed by atoms with Crippen molar-refractivity contribution in [1.29, 1.82) is 0 Å². The van der Waals surface area contributed by atoms with Crippen molar-refractivity contribution < 1.29 is 14.6 Å². The number of ether oxygens (including phenoxy) is 1. The summed E-state index contributed by atoms with van der Waals surface area (Å²) in [6, 6.07) is 5.27. The van der Waals surface area contributed by atoms with Crippen molar-refractivity contribution in [1.82, 2.24) is 0 Å². The fourth-order valence-corrected chi connectivity index (χ4v) is 1.86. The first kappa shape index (κ1) is 11.4. The van der Waals surface area contributed by atoms with Gasteiger partial charge in [-0.2, -0.15) is 0 Å². The molecule has 16 heavy (non-hydrogen) atoms.